The zero-order valence-electron chi connectivity index (χ0n) is 9.48. The van der Waals surface area contributed by atoms with Gasteiger partial charge in [0.1, 0.15) is 5.69 Å². The van der Waals surface area contributed by atoms with E-state index in [0.29, 0.717) is 27.7 Å². The molecule has 0 unspecified atom stereocenters. The van der Waals surface area contributed by atoms with Crippen LogP contribution in [0.3, 0.4) is 0 Å². The molecule has 6 heteroatoms. The lowest BCUT2D eigenvalue weighted by Crippen LogP contribution is -2.01. The van der Waals surface area contributed by atoms with E-state index in [4.69, 9.17) is 23.2 Å². The highest BCUT2D eigenvalue weighted by Crippen LogP contribution is 2.36. The van der Waals surface area contributed by atoms with Gasteiger partial charge in [-0.2, -0.15) is 0 Å². The van der Waals surface area contributed by atoms with E-state index in [1.807, 2.05) is 6.92 Å². The maximum absolute atomic E-state index is 12.8. The summed E-state index contributed by atoms with van der Waals surface area (Å²) >= 11 is 12.1. The molecule has 18 heavy (non-hydrogen) atoms. The summed E-state index contributed by atoms with van der Waals surface area (Å²) < 4.78 is 25.6. The fourth-order valence-corrected chi connectivity index (χ4v) is 2.18. The highest BCUT2D eigenvalue weighted by Gasteiger charge is 2.16. The van der Waals surface area contributed by atoms with Gasteiger partial charge in [-0.1, -0.05) is 23.2 Å². The number of hydrogen-bond acceptors (Lipinski definition) is 2. The van der Waals surface area contributed by atoms with Crippen molar-refractivity contribution in [3.8, 4) is 0 Å². The zero-order chi connectivity index (χ0) is 13.3. The Bertz CT molecular complexity index is 588. The first-order chi connectivity index (χ1) is 8.54. The number of hydrogen-bond donors (Lipinski definition) is 1. The second-order valence-corrected chi connectivity index (χ2v) is 4.49. The molecule has 0 aliphatic rings. The summed E-state index contributed by atoms with van der Waals surface area (Å²) in [6, 6.07) is 4.47. The predicted octanol–water partition coefficient (Wildman–Crippen LogP) is 4.91. The van der Waals surface area contributed by atoms with Crippen LogP contribution in [0.2, 0.25) is 10.0 Å². The second kappa shape index (κ2) is 5.24. The van der Waals surface area contributed by atoms with Crippen LogP contribution in [0, 0.1) is 0 Å². The van der Waals surface area contributed by atoms with Crippen LogP contribution in [0.5, 0.6) is 0 Å². The first kappa shape index (κ1) is 13.3. The van der Waals surface area contributed by atoms with Gasteiger partial charge in [0.2, 0.25) is 0 Å². The fraction of sp³-hybridized carbons (Fsp3) is 0.250. The van der Waals surface area contributed by atoms with Gasteiger partial charge in [0.05, 0.1) is 15.6 Å². The maximum atomic E-state index is 12.8. The van der Waals surface area contributed by atoms with E-state index in [9.17, 15) is 8.78 Å². The van der Waals surface area contributed by atoms with Gasteiger partial charge < -0.3 is 5.32 Å². The molecule has 0 bridgehead atoms. The van der Waals surface area contributed by atoms with Gasteiger partial charge in [0.15, 0.2) is 0 Å². The van der Waals surface area contributed by atoms with Crippen molar-refractivity contribution in [1.29, 1.82) is 0 Å². The van der Waals surface area contributed by atoms with Crippen molar-refractivity contribution < 1.29 is 8.78 Å². The van der Waals surface area contributed by atoms with Crippen LogP contribution in [-0.4, -0.2) is 11.5 Å². The van der Waals surface area contributed by atoms with Crippen LogP contribution < -0.4 is 5.32 Å². The third kappa shape index (κ3) is 2.35. The largest absolute Gasteiger partial charge is 0.385 e. The highest BCUT2D eigenvalue weighted by molar-refractivity contribution is 6.40. The summed E-state index contributed by atoms with van der Waals surface area (Å²) in [4.78, 5) is 3.87. The molecule has 2 aromatic rings. The van der Waals surface area contributed by atoms with Crippen molar-refractivity contribution in [2.24, 2.45) is 0 Å². The van der Waals surface area contributed by atoms with Crippen LogP contribution in [0.4, 0.5) is 14.5 Å². The van der Waals surface area contributed by atoms with Gasteiger partial charge in [-0.25, -0.2) is 13.8 Å². The number of rotatable bonds is 3. The standard InChI is InChI=1S/C12H10Cl2F2N2/c1-2-17-8-5-9(12(15)16)18-11-7(14)4-3-6(13)10(8)11/h3-5,12H,2H2,1H3,(H,17,18). The Morgan fingerprint density at radius 1 is 1.28 bits per heavy atom. The third-order valence-electron chi connectivity index (χ3n) is 2.47. The Balaban J connectivity index is 2.80. The monoisotopic (exact) mass is 290 g/mol. The molecule has 1 aromatic heterocycles. The lowest BCUT2D eigenvalue weighted by atomic mass is 10.1. The van der Waals surface area contributed by atoms with Crippen molar-refractivity contribution in [3.63, 3.8) is 0 Å². The van der Waals surface area contributed by atoms with Gasteiger partial charge in [-0.3, -0.25) is 0 Å². The minimum absolute atomic E-state index is 0.290. The molecule has 0 amide bonds. The van der Waals surface area contributed by atoms with Crippen LogP contribution >= 0.6 is 23.2 Å². The maximum Gasteiger partial charge on any atom is 0.280 e. The van der Waals surface area contributed by atoms with E-state index in [1.54, 1.807) is 12.1 Å². The Labute approximate surface area is 113 Å². The molecule has 0 saturated heterocycles. The molecule has 1 N–H and O–H groups in total. The van der Waals surface area contributed by atoms with Crippen molar-refractivity contribution in [1.82, 2.24) is 4.98 Å². The number of nitrogens with zero attached hydrogens (tertiary/aromatic N) is 1. The number of pyridine rings is 1. The number of fused-ring (bicyclic) bond motifs is 1. The Morgan fingerprint density at radius 3 is 2.56 bits per heavy atom. The van der Waals surface area contributed by atoms with Crippen LogP contribution in [0.15, 0.2) is 18.2 Å². The molecule has 0 atom stereocenters. The van der Waals surface area contributed by atoms with Gasteiger partial charge in [-0.05, 0) is 25.1 Å². The molecule has 0 fully saturated rings. The van der Waals surface area contributed by atoms with E-state index >= 15 is 0 Å². The van der Waals surface area contributed by atoms with Crippen molar-refractivity contribution in [2.45, 2.75) is 13.3 Å². The van der Waals surface area contributed by atoms with Gasteiger partial charge in [-0.15, -0.1) is 0 Å². The number of anilines is 1. The molecule has 0 aliphatic carbocycles. The van der Waals surface area contributed by atoms with Gasteiger partial charge in [0.25, 0.3) is 6.43 Å². The summed E-state index contributed by atoms with van der Waals surface area (Å²) in [7, 11) is 0. The summed E-state index contributed by atoms with van der Waals surface area (Å²) in [6.45, 7) is 2.46. The summed E-state index contributed by atoms with van der Waals surface area (Å²) in [5.41, 5.74) is 0.492. The minimum atomic E-state index is -2.65. The molecule has 0 aliphatic heterocycles. The van der Waals surface area contributed by atoms with Crippen LogP contribution in [0.25, 0.3) is 10.9 Å². The van der Waals surface area contributed by atoms with Crippen LogP contribution in [-0.2, 0) is 0 Å². The van der Waals surface area contributed by atoms with Crippen molar-refractivity contribution in [3.05, 3.63) is 33.9 Å². The summed E-state index contributed by atoms with van der Waals surface area (Å²) in [6.07, 6.45) is -2.65. The molecule has 1 heterocycles. The lowest BCUT2D eigenvalue weighted by molar-refractivity contribution is 0.146. The first-order valence-electron chi connectivity index (χ1n) is 5.35. The lowest BCUT2D eigenvalue weighted by Gasteiger charge is -2.12. The summed E-state index contributed by atoms with van der Waals surface area (Å²) in [5.74, 6) is 0. The number of benzene rings is 1. The smallest absolute Gasteiger partial charge is 0.280 e. The average molecular weight is 291 g/mol. The molecule has 0 radical (unpaired) electrons. The van der Waals surface area contributed by atoms with Crippen molar-refractivity contribution in [2.75, 3.05) is 11.9 Å². The third-order valence-corrected chi connectivity index (χ3v) is 3.09. The normalized spacial score (nSPS) is 11.2. The average Bonchev–Trinajstić information content (AvgIpc) is 2.33. The molecular weight excluding hydrogens is 281 g/mol. The quantitative estimate of drug-likeness (QED) is 0.869. The number of nitrogens with one attached hydrogen (secondary N) is 1. The first-order valence-corrected chi connectivity index (χ1v) is 6.10. The summed E-state index contributed by atoms with van der Waals surface area (Å²) in [5, 5.41) is 4.29. The van der Waals surface area contributed by atoms with E-state index in [2.05, 4.69) is 10.3 Å². The molecule has 0 saturated carbocycles. The van der Waals surface area contributed by atoms with E-state index < -0.39 is 6.43 Å². The van der Waals surface area contributed by atoms with E-state index in [-0.39, 0.29) is 11.2 Å². The Kier molecular flexibility index (Phi) is 3.88. The fourth-order valence-electron chi connectivity index (χ4n) is 1.73. The second-order valence-electron chi connectivity index (χ2n) is 3.68. The predicted molar refractivity (Wildman–Crippen MR) is 70.9 cm³/mol. The Morgan fingerprint density at radius 2 is 1.94 bits per heavy atom. The number of alkyl halides is 2. The van der Waals surface area contributed by atoms with Crippen LogP contribution in [0.1, 0.15) is 19.0 Å². The molecule has 2 rings (SSSR count). The molecule has 2 nitrogen and oxygen atoms in total. The van der Waals surface area contributed by atoms with Gasteiger partial charge in [0, 0.05) is 17.6 Å². The van der Waals surface area contributed by atoms with E-state index in [0.717, 1.165) is 0 Å². The molecule has 1 aromatic carbocycles. The minimum Gasteiger partial charge on any atom is -0.385 e. The molecular formula is C12H10Cl2F2N2. The number of aromatic nitrogens is 1. The highest BCUT2D eigenvalue weighted by atomic mass is 35.5. The molecule has 0 spiro atoms. The SMILES string of the molecule is CCNc1cc(C(F)F)nc2c(Cl)ccc(Cl)c12. The van der Waals surface area contributed by atoms with Crippen molar-refractivity contribution >= 4 is 39.8 Å². The Hall–Kier alpha value is -1.13. The molecule has 96 valence electrons. The number of halogens is 4. The van der Waals surface area contributed by atoms with Gasteiger partial charge >= 0.3 is 0 Å². The van der Waals surface area contributed by atoms with E-state index in [1.165, 1.54) is 6.07 Å². The topological polar surface area (TPSA) is 24.9 Å². The zero-order valence-corrected chi connectivity index (χ0v) is 11.0.